The zero-order valence-electron chi connectivity index (χ0n) is 27.8. The molecule has 0 aliphatic carbocycles. The summed E-state index contributed by atoms with van der Waals surface area (Å²) in [6.07, 6.45) is 7.51. The Hall–Kier alpha value is -5.39. The van der Waals surface area contributed by atoms with E-state index in [4.69, 9.17) is 30.5 Å². The highest BCUT2D eigenvalue weighted by Gasteiger charge is 2.27. The van der Waals surface area contributed by atoms with Crippen LogP contribution in [-0.4, -0.2) is 78.7 Å². The Labute approximate surface area is 289 Å². The SMILES string of the molecule is COc1ccc(C=C2CN(Cc3cn(CCNc4ccnc5cc(Cl)ccc45)nn3)CC(=Cc3ccc(OC)c(OC)c3)C2=O)cc1OC. The summed E-state index contributed by atoms with van der Waals surface area (Å²) in [7, 11) is 6.37. The molecule has 0 amide bonds. The minimum Gasteiger partial charge on any atom is -0.493 e. The van der Waals surface area contributed by atoms with Crippen LogP contribution in [0.15, 0.2) is 84.2 Å². The van der Waals surface area contributed by atoms with Gasteiger partial charge in [-0.1, -0.05) is 28.9 Å². The molecule has 5 aromatic rings. The monoisotopic (exact) mass is 680 g/mol. The summed E-state index contributed by atoms with van der Waals surface area (Å²) in [6.45, 7) is 2.62. The molecule has 2 aromatic heterocycles. The molecule has 0 unspecified atom stereocenters. The summed E-state index contributed by atoms with van der Waals surface area (Å²) in [5.74, 6) is 2.39. The van der Waals surface area contributed by atoms with Crippen molar-refractivity contribution in [3.05, 3.63) is 106 Å². The Balaban J connectivity index is 1.21. The van der Waals surface area contributed by atoms with Crippen LogP contribution in [0.3, 0.4) is 0 Å². The summed E-state index contributed by atoms with van der Waals surface area (Å²) >= 11 is 6.14. The molecular weight excluding hydrogens is 644 g/mol. The van der Waals surface area contributed by atoms with Gasteiger partial charge < -0.3 is 24.3 Å². The first-order valence-electron chi connectivity index (χ1n) is 15.7. The fourth-order valence-corrected chi connectivity index (χ4v) is 6.01. The van der Waals surface area contributed by atoms with Gasteiger partial charge in [0.2, 0.25) is 0 Å². The van der Waals surface area contributed by atoms with E-state index in [2.05, 4.69) is 25.5 Å². The molecule has 252 valence electrons. The van der Waals surface area contributed by atoms with Gasteiger partial charge in [0.1, 0.15) is 0 Å². The van der Waals surface area contributed by atoms with Crippen molar-refractivity contribution in [1.29, 1.82) is 0 Å². The molecule has 49 heavy (non-hydrogen) atoms. The van der Waals surface area contributed by atoms with Crippen LogP contribution in [0.4, 0.5) is 5.69 Å². The van der Waals surface area contributed by atoms with Crippen molar-refractivity contribution in [3.8, 4) is 23.0 Å². The van der Waals surface area contributed by atoms with Gasteiger partial charge >= 0.3 is 0 Å². The summed E-state index contributed by atoms with van der Waals surface area (Å²) in [6, 6.07) is 18.8. The number of piperidine rings is 1. The number of hydrogen-bond acceptors (Lipinski definition) is 10. The number of nitrogens with zero attached hydrogens (tertiary/aromatic N) is 5. The van der Waals surface area contributed by atoms with Crippen molar-refractivity contribution in [3.63, 3.8) is 0 Å². The molecule has 6 rings (SSSR count). The van der Waals surface area contributed by atoms with Gasteiger partial charge in [-0.15, -0.1) is 5.10 Å². The minimum atomic E-state index is -0.0264. The first-order valence-corrected chi connectivity index (χ1v) is 16.0. The van der Waals surface area contributed by atoms with Crippen LogP contribution >= 0.6 is 11.6 Å². The highest BCUT2D eigenvalue weighted by atomic mass is 35.5. The average molecular weight is 681 g/mol. The van der Waals surface area contributed by atoms with Crippen molar-refractivity contribution in [1.82, 2.24) is 24.9 Å². The maximum Gasteiger partial charge on any atom is 0.187 e. The Bertz CT molecular complexity index is 1960. The molecule has 11 nitrogen and oxygen atoms in total. The topological polar surface area (TPSA) is 113 Å². The quantitative estimate of drug-likeness (QED) is 0.153. The van der Waals surface area contributed by atoms with Gasteiger partial charge in [0.05, 0.1) is 46.2 Å². The second-order valence-corrected chi connectivity index (χ2v) is 11.9. The van der Waals surface area contributed by atoms with Crippen LogP contribution in [0.2, 0.25) is 5.02 Å². The van der Waals surface area contributed by atoms with Crippen LogP contribution in [0, 0.1) is 0 Å². The normalized spacial score (nSPS) is 15.2. The molecule has 1 fully saturated rings. The highest BCUT2D eigenvalue weighted by Crippen LogP contribution is 2.32. The van der Waals surface area contributed by atoms with Crippen LogP contribution in [0.5, 0.6) is 23.0 Å². The first-order chi connectivity index (χ1) is 23.9. The molecule has 0 radical (unpaired) electrons. The predicted octanol–water partition coefficient (Wildman–Crippen LogP) is 6.18. The third kappa shape index (κ3) is 7.85. The number of ketones is 1. The maximum atomic E-state index is 13.9. The van der Waals surface area contributed by atoms with E-state index < -0.39 is 0 Å². The fraction of sp³-hybridized carbons (Fsp3) is 0.243. The molecule has 1 aliphatic rings. The summed E-state index contributed by atoms with van der Waals surface area (Å²) in [4.78, 5) is 20.5. The highest BCUT2D eigenvalue weighted by molar-refractivity contribution is 6.31. The Kier molecular flexibility index (Phi) is 10.4. The first kappa shape index (κ1) is 33.5. The molecule has 0 atom stereocenters. The summed E-state index contributed by atoms with van der Waals surface area (Å²) < 4.78 is 23.6. The number of pyridine rings is 1. The second kappa shape index (κ2) is 15.2. The van der Waals surface area contributed by atoms with Gasteiger partial charge in [-0.25, -0.2) is 0 Å². The lowest BCUT2D eigenvalue weighted by Crippen LogP contribution is -2.37. The van der Waals surface area contributed by atoms with Crippen molar-refractivity contribution in [2.24, 2.45) is 0 Å². The standard InChI is InChI=1S/C37H37ClN6O5/c1-46-33-9-5-24(17-35(33)48-3)15-26-20-43(21-27(37(26)45)16-25-6-10-34(47-2)36(18-25)49-4)22-29-23-44(42-41-29)14-13-40-31-11-12-39-32-19-28(38)7-8-30(31)32/h5-12,15-19,23H,13-14,20-22H2,1-4H3,(H,39,40). The van der Waals surface area contributed by atoms with E-state index in [1.807, 2.05) is 83.7 Å². The molecule has 3 aromatic carbocycles. The second-order valence-electron chi connectivity index (χ2n) is 11.5. The Morgan fingerprint density at radius 1 is 0.816 bits per heavy atom. The van der Waals surface area contributed by atoms with E-state index >= 15 is 0 Å². The smallest absolute Gasteiger partial charge is 0.187 e. The van der Waals surface area contributed by atoms with Crippen molar-refractivity contribution in [2.45, 2.75) is 13.1 Å². The van der Waals surface area contributed by atoms with Crippen molar-refractivity contribution < 1.29 is 23.7 Å². The Morgan fingerprint density at radius 3 is 2.06 bits per heavy atom. The van der Waals surface area contributed by atoms with Crippen LogP contribution < -0.4 is 24.3 Å². The third-order valence-electron chi connectivity index (χ3n) is 8.20. The van der Waals surface area contributed by atoms with E-state index in [-0.39, 0.29) is 5.78 Å². The number of rotatable bonds is 12. The molecule has 1 aliphatic heterocycles. The van der Waals surface area contributed by atoms with Gasteiger partial charge in [-0.3, -0.25) is 19.4 Å². The van der Waals surface area contributed by atoms with Gasteiger partial charge in [-0.2, -0.15) is 0 Å². The maximum absolute atomic E-state index is 13.9. The van der Waals surface area contributed by atoms with Crippen molar-refractivity contribution in [2.75, 3.05) is 53.4 Å². The fourth-order valence-electron chi connectivity index (χ4n) is 5.84. The lowest BCUT2D eigenvalue weighted by Gasteiger charge is -2.29. The zero-order chi connectivity index (χ0) is 34.3. The number of aromatic nitrogens is 4. The molecule has 1 saturated heterocycles. The van der Waals surface area contributed by atoms with Crippen molar-refractivity contribution >= 4 is 46.1 Å². The Morgan fingerprint density at radius 2 is 1.45 bits per heavy atom. The van der Waals surface area contributed by atoms with Gasteiger partial charge in [0, 0.05) is 65.8 Å². The molecule has 12 heteroatoms. The molecular formula is C37H37ClN6O5. The largest absolute Gasteiger partial charge is 0.493 e. The zero-order valence-corrected chi connectivity index (χ0v) is 28.5. The molecule has 0 saturated carbocycles. The number of ether oxygens (including phenoxy) is 4. The lowest BCUT2D eigenvalue weighted by molar-refractivity contribution is -0.113. The van der Waals surface area contributed by atoms with E-state index in [9.17, 15) is 4.79 Å². The lowest BCUT2D eigenvalue weighted by atomic mass is 9.94. The minimum absolute atomic E-state index is 0.0264. The van der Waals surface area contributed by atoms with Crippen LogP contribution in [0.25, 0.3) is 23.1 Å². The number of carbonyl (C=O) groups excluding carboxylic acids is 1. The van der Waals surface area contributed by atoms with Crippen LogP contribution in [-0.2, 0) is 17.9 Å². The summed E-state index contributed by atoms with van der Waals surface area (Å²) in [5, 5.41) is 13.9. The number of Topliss-reactive ketones (excluding diaryl/α,β-unsaturated/α-hetero) is 1. The molecule has 0 bridgehead atoms. The number of nitrogens with one attached hydrogen (secondary N) is 1. The third-order valence-corrected chi connectivity index (χ3v) is 8.44. The number of hydrogen-bond donors (Lipinski definition) is 1. The number of likely N-dealkylation sites (tertiary alicyclic amines) is 1. The van der Waals surface area contributed by atoms with E-state index in [1.54, 1.807) is 34.6 Å². The number of halogens is 1. The molecule has 3 heterocycles. The number of anilines is 1. The number of carbonyl (C=O) groups is 1. The number of methoxy groups -OCH3 is 4. The van der Waals surface area contributed by atoms with E-state index in [0.717, 1.165) is 33.4 Å². The molecule has 1 N–H and O–H groups in total. The number of benzene rings is 3. The number of fused-ring (bicyclic) bond motifs is 1. The van der Waals surface area contributed by atoms with Gasteiger partial charge in [0.15, 0.2) is 28.8 Å². The van der Waals surface area contributed by atoms with E-state index in [0.29, 0.717) is 71.9 Å². The average Bonchev–Trinajstić information content (AvgIpc) is 3.56. The van der Waals surface area contributed by atoms with Gasteiger partial charge in [0.25, 0.3) is 0 Å². The van der Waals surface area contributed by atoms with E-state index in [1.165, 1.54) is 0 Å². The van der Waals surface area contributed by atoms with Gasteiger partial charge in [-0.05, 0) is 71.8 Å². The van der Waals surface area contributed by atoms with Crippen LogP contribution in [0.1, 0.15) is 16.8 Å². The summed E-state index contributed by atoms with van der Waals surface area (Å²) in [5.41, 5.74) is 5.56. The molecule has 0 spiro atoms. The predicted molar refractivity (Wildman–Crippen MR) is 191 cm³/mol.